The second-order valence-electron chi connectivity index (χ2n) is 9.04. The molecule has 0 unspecified atom stereocenters. The molecule has 1 saturated carbocycles. The lowest BCUT2D eigenvalue weighted by Gasteiger charge is -2.30. The second-order valence-corrected chi connectivity index (χ2v) is 10.7. The Balaban J connectivity index is 1.36. The molecule has 5 rings (SSSR count). The van der Waals surface area contributed by atoms with Crippen LogP contribution in [0.15, 0.2) is 30.5 Å². The maximum absolute atomic E-state index is 13.6. The molecule has 33 heavy (non-hydrogen) atoms. The summed E-state index contributed by atoms with van der Waals surface area (Å²) < 4.78 is 5.53. The van der Waals surface area contributed by atoms with E-state index in [0.717, 1.165) is 41.8 Å². The number of hydrogen-bond donors (Lipinski definition) is 1. The van der Waals surface area contributed by atoms with E-state index in [1.165, 1.54) is 11.3 Å². The number of ether oxygens (including phenoxy) is 1. The van der Waals surface area contributed by atoms with Crippen molar-refractivity contribution in [3.8, 4) is 10.4 Å². The van der Waals surface area contributed by atoms with Gasteiger partial charge in [-0.05, 0) is 55.5 Å². The van der Waals surface area contributed by atoms with Crippen molar-refractivity contribution in [3.63, 3.8) is 0 Å². The molecule has 0 bridgehead atoms. The van der Waals surface area contributed by atoms with Gasteiger partial charge in [0.25, 0.3) is 5.91 Å². The van der Waals surface area contributed by atoms with E-state index >= 15 is 0 Å². The summed E-state index contributed by atoms with van der Waals surface area (Å²) in [5, 5.41) is 2.59. The van der Waals surface area contributed by atoms with Crippen molar-refractivity contribution in [1.82, 2.24) is 15.2 Å². The van der Waals surface area contributed by atoms with E-state index in [1.54, 1.807) is 17.2 Å². The lowest BCUT2D eigenvalue weighted by Crippen LogP contribution is -2.54. The maximum atomic E-state index is 13.6. The number of hydrogen-bond acceptors (Lipinski definition) is 6. The largest absolute Gasteiger partial charge is 0.366 e. The highest BCUT2D eigenvalue weighted by Gasteiger charge is 2.53. The molecule has 2 aromatic heterocycles. The Morgan fingerprint density at radius 1 is 1.27 bits per heavy atom. The number of amides is 2. The minimum absolute atomic E-state index is 0.0186. The Morgan fingerprint density at radius 2 is 2.06 bits per heavy atom. The average Bonchev–Trinajstić information content (AvgIpc) is 3.59. The number of nitrogens with one attached hydrogen (secondary N) is 1. The highest BCUT2D eigenvalue weighted by molar-refractivity contribution is 7.17. The van der Waals surface area contributed by atoms with Crippen molar-refractivity contribution < 1.29 is 19.1 Å². The first-order valence-electron chi connectivity index (χ1n) is 11.3. The summed E-state index contributed by atoms with van der Waals surface area (Å²) in [6, 6.07) is 6.27. The molecule has 3 fully saturated rings. The van der Waals surface area contributed by atoms with Gasteiger partial charge in [-0.1, -0.05) is 12.8 Å². The third-order valence-electron chi connectivity index (χ3n) is 6.84. The monoisotopic (exact) mass is 487 g/mol. The first kappa shape index (κ1) is 22.5. The number of aromatic nitrogens is 1. The van der Waals surface area contributed by atoms with Gasteiger partial charge in [0.2, 0.25) is 5.91 Å². The van der Waals surface area contributed by atoms with Crippen LogP contribution in [0.3, 0.4) is 0 Å². The van der Waals surface area contributed by atoms with Crippen molar-refractivity contribution in [2.24, 2.45) is 5.92 Å². The Labute approximate surface area is 201 Å². The molecule has 0 spiro atoms. The van der Waals surface area contributed by atoms with Gasteiger partial charge in [-0.2, -0.15) is 0 Å². The normalized spacial score (nSPS) is 25.9. The van der Waals surface area contributed by atoms with Gasteiger partial charge in [-0.15, -0.1) is 22.9 Å². The molecule has 0 aromatic carbocycles. The number of nitrogens with zero attached hydrogens (tertiary/aromatic N) is 2. The molecule has 174 valence electrons. The fourth-order valence-corrected chi connectivity index (χ4v) is 6.47. The summed E-state index contributed by atoms with van der Waals surface area (Å²) in [6.07, 6.45) is 5.09. The van der Waals surface area contributed by atoms with Crippen LogP contribution in [-0.4, -0.2) is 64.2 Å². The Hall–Kier alpha value is -2.29. The highest BCUT2D eigenvalue weighted by Crippen LogP contribution is 2.35. The third kappa shape index (κ3) is 4.32. The van der Waals surface area contributed by atoms with Gasteiger partial charge in [-0.3, -0.25) is 19.4 Å². The summed E-state index contributed by atoms with van der Waals surface area (Å²) in [5.74, 6) is -0.569. The summed E-state index contributed by atoms with van der Waals surface area (Å²) in [6.45, 7) is 2.16. The Bertz CT molecular complexity index is 1080. The second kappa shape index (κ2) is 9.16. The first-order chi connectivity index (χ1) is 15.9. The van der Waals surface area contributed by atoms with Crippen molar-refractivity contribution >= 4 is 40.5 Å². The topological polar surface area (TPSA) is 88.6 Å². The molecular formula is C24H26ClN3O4S. The zero-order valence-electron chi connectivity index (χ0n) is 18.3. The first-order valence-corrected chi connectivity index (χ1v) is 12.6. The molecule has 7 nitrogen and oxygen atoms in total. The van der Waals surface area contributed by atoms with Crippen LogP contribution in [0.5, 0.6) is 0 Å². The summed E-state index contributed by atoms with van der Waals surface area (Å²) in [5.41, 5.74) is 1.91. The van der Waals surface area contributed by atoms with Crippen LogP contribution >= 0.6 is 22.9 Å². The molecule has 4 heterocycles. The minimum Gasteiger partial charge on any atom is -0.366 e. The quantitative estimate of drug-likeness (QED) is 0.654. The molecule has 2 aromatic rings. The standard InChI is InChI=1S/C24H26ClN3O4S/c1-13-10-15(8-9-26-13)18-6-7-19(33-18)23(30)27-20(14-4-2-3-5-14)24(31)28-11-16(25)22-21(28)17(29)12-32-22/h6-10,14,16,20-22H,2-5,11-12H2,1H3,(H,27,30)/t16-,20-,21+,22+/m0/s1. The molecule has 2 saturated heterocycles. The van der Waals surface area contributed by atoms with E-state index in [-0.39, 0.29) is 36.7 Å². The molecule has 1 aliphatic carbocycles. The Kier molecular flexibility index (Phi) is 6.24. The molecule has 0 radical (unpaired) electrons. The number of Topliss-reactive ketones (excluding diaryl/α,β-unsaturated/α-hetero) is 1. The number of halogens is 1. The zero-order valence-corrected chi connectivity index (χ0v) is 19.9. The highest BCUT2D eigenvalue weighted by atomic mass is 35.5. The van der Waals surface area contributed by atoms with Gasteiger partial charge in [0, 0.05) is 23.3 Å². The van der Waals surface area contributed by atoms with Gasteiger partial charge in [0.05, 0.1) is 10.3 Å². The fourth-order valence-electron chi connectivity index (χ4n) is 5.20. The van der Waals surface area contributed by atoms with Crippen molar-refractivity contribution in [3.05, 3.63) is 41.0 Å². The van der Waals surface area contributed by atoms with E-state index in [2.05, 4.69) is 10.3 Å². The summed E-state index contributed by atoms with van der Waals surface area (Å²) in [7, 11) is 0. The molecule has 4 atom stereocenters. The number of carbonyl (C=O) groups excluding carboxylic acids is 3. The maximum Gasteiger partial charge on any atom is 0.262 e. The number of carbonyl (C=O) groups is 3. The summed E-state index contributed by atoms with van der Waals surface area (Å²) >= 11 is 7.78. The van der Waals surface area contributed by atoms with E-state index in [1.807, 2.05) is 25.1 Å². The van der Waals surface area contributed by atoms with Crippen LogP contribution in [0.1, 0.15) is 41.0 Å². The zero-order chi connectivity index (χ0) is 23.1. The molecule has 1 N–H and O–H groups in total. The van der Waals surface area contributed by atoms with Gasteiger partial charge < -0.3 is 15.0 Å². The van der Waals surface area contributed by atoms with Crippen LogP contribution in [0.2, 0.25) is 0 Å². The molecule has 9 heteroatoms. The van der Waals surface area contributed by atoms with Crippen molar-refractivity contribution in [2.75, 3.05) is 13.2 Å². The van der Waals surface area contributed by atoms with Gasteiger partial charge in [-0.25, -0.2) is 0 Å². The summed E-state index contributed by atoms with van der Waals surface area (Å²) in [4.78, 5) is 46.5. The number of alkyl halides is 1. The van der Waals surface area contributed by atoms with Gasteiger partial charge in [0.15, 0.2) is 5.78 Å². The lowest BCUT2D eigenvalue weighted by atomic mass is 9.96. The molecule has 2 aliphatic heterocycles. The van der Waals surface area contributed by atoms with E-state index < -0.39 is 23.6 Å². The lowest BCUT2D eigenvalue weighted by molar-refractivity contribution is -0.139. The van der Waals surface area contributed by atoms with Crippen LogP contribution in [-0.2, 0) is 14.3 Å². The number of pyridine rings is 1. The third-order valence-corrected chi connectivity index (χ3v) is 8.36. The van der Waals surface area contributed by atoms with Crippen LogP contribution < -0.4 is 5.32 Å². The minimum atomic E-state index is -0.676. The number of ketones is 1. The number of thiophene rings is 1. The smallest absolute Gasteiger partial charge is 0.262 e. The van der Waals surface area contributed by atoms with Gasteiger partial charge in [0.1, 0.15) is 24.8 Å². The molecule has 2 amide bonds. The predicted molar refractivity (Wildman–Crippen MR) is 125 cm³/mol. The average molecular weight is 488 g/mol. The van der Waals surface area contributed by atoms with Gasteiger partial charge >= 0.3 is 0 Å². The Morgan fingerprint density at radius 3 is 2.82 bits per heavy atom. The van der Waals surface area contributed by atoms with E-state index in [4.69, 9.17) is 16.3 Å². The number of aryl methyl sites for hydroxylation is 1. The number of fused-ring (bicyclic) bond motifs is 1. The predicted octanol–water partition coefficient (Wildman–Crippen LogP) is 3.19. The fraction of sp³-hybridized carbons (Fsp3) is 0.500. The van der Waals surface area contributed by atoms with Crippen LogP contribution in [0, 0.1) is 12.8 Å². The molecular weight excluding hydrogens is 462 g/mol. The van der Waals surface area contributed by atoms with Crippen molar-refractivity contribution in [1.29, 1.82) is 0 Å². The SMILES string of the molecule is Cc1cc(-c2ccc(C(=O)N[C@H](C(=O)N3C[C@H](Cl)[C@H]4OCC(=O)[C@H]43)C3CCCC3)s2)ccn1. The number of rotatable bonds is 5. The van der Waals surface area contributed by atoms with Crippen LogP contribution in [0.4, 0.5) is 0 Å². The number of likely N-dealkylation sites (tertiary alicyclic amines) is 1. The van der Waals surface area contributed by atoms with Crippen LogP contribution in [0.25, 0.3) is 10.4 Å². The molecule has 3 aliphatic rings. The van der Waals surface area contributed by atoms with E-state index in [9.17, 15) is 14.4 Å². The van der Waals surface area contributed by atoms with E-state index in [0.29, 0.717) is 4.88 Å². The van der Waals surface area contributed by atoms with Crippen molar-refractivity contribution in [2.45, 2.75) is 56.2 Å².